The molecule has 1 aromatic rings. The molecule has 1 N–H and O–H groups in total. The summed E-state index contributed by atoms with van der Waals surface area (Å²) in [5.41, 5.74) is 0.188. The number of benzene rings is 1. The number of nitrogens with zero attached hydrogens (tertiary/aromatic N) is 2. The molecule has 0 unspecified atom stereocenters. The molecule has 140 valence electrons. The summed E-state index contributed by atoms with van der Waals surface area (Å²) in [5.74, 6) is -2.13. The molecular weight excluding hydrogens is 339 g/mol. The molecule has 1 aromatic carbocycles. The first kappa shape index (κ1) is 18.5. The van der Waals surface area contributed by atoms with Crippen LogP contribution in [0.2, 0.25) is 0 Å². The topological polar surface area (TPSA) is 70.1 Å². The summed E-state index contributed by atoms with van der Waals surface area (Å²) in [6.45, 7) is 5.45. The number of rotatable bonds is 6. The minimum Gasteiger partial charge on any atom is -0.503 e. The van der Waals surface area contributed by atoms with E-state index in [9.17, 15) is 19.1 Å². The molecule has 2 aliphatic rings. The Bertz CT molecular complexity index is 728. The highest BCUT2D eigenvalue weighted by atomic mass is 19.1. The second kappa shape index (κ2) is 7.97. The Morgan fingerprint density at radius 2 is 1.96 bits per heavy atom. The van der Waals surface area contributed by atoms with Gasteiger partial charge < -0.3 is 14.7 Å². The van der Waals surface area contributed by atoms with Crippen LogP contribution in [-0.4, -0.2) is 66.0 Å². The number of Topliss-reactive ketones (excluding diaryl/α,β-unsaturated/α-hetero) is 1. The zero-order valence-corrected chi connectivity index (χ0v) is 14.8. The van der Waals surface area contributed by atoms with Crippen molar-refractivity contribution >= 4 is 11.7 Å². The third kappa shape index (κ3) is 3.64. The van der Waals surface area contributed by atoms with Gasteiger partial charge in [-0.15, -0.1) is 0 Å². The van der Waals surface area contributed by atoms with E-state index in [2.05, 4.69) is 4.90 Å². The predicted octanol–water partition coefficient (Wildman–Crippen LogP) is 1.83. The maximum Gasteiger partial charge on any atom is 0.290 e. The fourth-order valence-corrected chi connectivity index (χ4v) is 3.55. The SMILES string of the molecule is CC(=O)C1=C(O)C(=O)N(CCCN2CCOCC2)[C@@H]1c1ccccc1F. The number of carbonyl (C=O) groups excluding carboxylic acids is 2. The fourth-order valence-electron chi connectivity index (χ4n) is 3.55. The summed E-state index contributed by atoms with van der Waals surface area (Å²) in [6, 6.07) is 5.16. The van der Waals surface area contributed by atoms with Gasteiger partial charge in [0.1, 0.15) is 5.82 Å². The number of morpholine rings is 1. The second-order valence-electron chi connectivity index (χ2n) is 6.55. The summed E-state index contributed by atoms with van der Waals surface area (Å²) >= 11 is 0. The number of hydrogen-bond acceptors (Lipinski definition) is 5. The zero-order valence-electron chi connectivity index (χ0n) is 14.8. The van der Waals surface area contributed by atoms with E-state index in [1.807, 2.05) is 0 Å². The first-order valence-corrected chi connectivity index (χ1v) is 8.80. The molecule has 0 bridgehead atoms. The van der Waals surface area contributed by atoms with E-state index in [-0.39, 0.29) is 11.1 Å². The van der Waals surface area contributed by atoms with Crippen LogP contribution in [0, 0.1) is 5.82 Å². The van der Waals surface area contributed by atoms with E-state index in [1.165, 1.54) is 17.9 Å². The largest absolute Gasteiger partial charge is 0.503 e. The monoisotopic (exact) mass is 362 g/mol. The summed E-state index contributed by atoms with van der Waals surface area (Å²) in [6.07, 6.45) is 0.662. The van der Waals surface area contributed by atoms with Crippen molar-refractivity contribution in [3.05, 3.63) is 47.0 Å². The van der Waals surface area contributed by atoms with Gasteiger partial charge >= 0.3 is 0 Å². The molecule has 6 nitrogen and oxygen atoms in total. The average Bonchev–Trinajstić information content (AvgIpc) is 2.88. The molecule has 3 rings (SSSR count). The van der Waals surface area contributed by atoms with Crippen molar-refractivity contribution in [3.8, 4) is 0 Å². The van der Waals surface area contributed by atoms with E-state index in [0.717, 1.165) is 19.6 Å². The fraction of sp³-hybridized carbons (Fsp3) is 0.474. The van der Waals surface area contributed by atoms with Crippen LogP contribution in [0.5, 0.6) is 0 Å². The molecule has 7 heteroatoms. The lowest BCUT2D eigenvalue weighted by atomic mass is 9.96. The van der Waals surface area contributed by atoms with Crippen LogP contribution in [0.25, 0.3) is 0 Å². The first-order chi connectivity index (χ1) is 12.5. The van der Waals surface area contributed by atoms with E-state index in [4.69, 9.17) is 4.74 Å². The Morgan fingerprint density at radius 3 is 2.62 bits per heavy atom. The van der Waals surface area contributed by atoms with Crippen molar-refractivity contribution in [1.29, 1.82) is 0 Å². The Labute approximate surface area is 151 Å². The quantitative estimate of drug-likeness (QED) is 0.836. The normalized spacial score (nSPS) is 21.5. The van der Waals surface area contributed by atoms with Gasteiger partial charge in [0.05, 0.1) is 24.8 Å². The third-order valence-electron chi connectivity index (χ3n) is 4.86. The van der Waals surface area contributed by atoms with Crippen molar-refractivity contribution in [2.75, 3.05) is 39.4 Å². The van der Waals surface area contributed by atoms with Gasteiger partial charge in [0.15, 0.2) is 11.5 Å². The molecule has 1 atom stereocenters. The smallest absolute Gasteiger partial charge is 0.290 e. The van der Waals surface area contributed by atoms with Gasteiger partial charge in [0.25, 0.3) is 5.91 Å². The summed E-state index contributed by atoms with van der Waals surface area (Å²) in [4.78, 5) is 28.2. The van der Waals surface area contributed by atoms with Gasteiger partial charge in [-0.25, -0.2) is 4.39 Å². The minimum atomic E-state index is -0.883. The molecule has 2 aliphatic heterocycles. The van der Waals surface area contributed by atoms with Gasteiger partial charge in [0.2, 0.25) is 0 Å². The maximum absolute atomic E-state index is 14.3. The van der Waals surface area contributed by atoms with Gasteiger partial charge in [-0.05, 0) is 19.4 Å². The van der Waals surface area contributed by atoms with Crippen LogP contribution in [0.1, 0.15) is 24.9 Å². The second-order valence-corrected chi connectivity index (χ2v) is 6.55. The molecule has 0 radical (unpaired) electrons. The average molecular weight is 362 g/mol. The lowest BCUT2D eigenvalue weighted by Gasteiger charge is -2.30. The van der Waals surface area contributed by atoms with Gasteiger partial charge in [0, 0.05) is 31.7 Å². The Morgan fingerprint density at radius 1 is 1.27 bits per heavy atom. The number of ether oxygens (including phenoxy) is 1. The molecule has 0 spiro atoms. The molecule has 26 heavy (non-hydrogen) atoms. The molecule has 2 heterocycles. The van der Waals surface area contributed by atoms with Crippen molar-refractivity contribution < 1.29 is 23.8 Å². The summed E-state index contributed by atoms with van der Waals surface area (Å²) in [7, 11) is 0. The highest BCUT2D eigenvalue weighted by Crippen LogP contribution is 2.38. The van der Waals surface area contributed by atoms with Gasteiger partial charge in [-0.2, -0.15) is 0 Å². The number of aliphatic hydroxyl groups excluding tert-OH is 1. The van der Waals surface area contributed by atoms with Crippen molar-refractivity contribution in [2.24, 2.45) is 0 Å². The maximum atomic E-state index is 14.3. The van der Waals surface area contributed by atoms with Crippen LogP contribution < -0.4 is 0 Å². The Balaban J connectivity index is 1.79. The number of aliphatic hydroxyl groups is 1. The van der Waals surface area contributed by atoms with Crippen molar-refractivity contribution in [1.82, 2.24) is 9.80 Å². The van der Waals surface area contributed by atoms with Crippen molar-refractivity contribution in [2.45, 2.75) is 19.4 Å². The molecule has 0 aromatic heterocycles. The van der Waals surface area contributed by atoms with Crippen LogP contribution in [0.4, 0.5) is 4.39 Å². The highest BCUT2D eigenvalue weighted by Gasteiger charge is 2.43. The minimum absolute atomic E-state index is 0.0357. The van der Waals surface area contributed by atoms with Gasteiger partial charge in [-0.1, -0.05) is 18.2 Å². The van der Waals surface area contributed by atoms with Crippen LogP contribution in [0.15, 0.2) is 35.6 Å². The number of halogens is 1. The number of amides is 1. The molecular formula is C19H23FN2O4. The third-order valence-corrected chi connectivity index (χ3v) is 4.86. The van der Waals surface area contributed by atoms with Crippen molar-refractivity contribution in [3.63, 3.8) is 0 Å². The Kier molecular flexibility index (Phi) is 5.68. The summed E-state index contributed by atoms with van der Waals surface area (Å²) < 4.78 is 19.7. The van der Waals surface area contributed by atoms with Crippen LogP contribution >= 0.6 is 0 Å². The van der Waals surface area contributed by atoms with Crippen LogP contribution in [-0.2, 0) is 14.3 Å². The van der Waals surface area contributed by atoms with Crippen LogP contribution in [0.3, 0.4) is 0 Å². The lowest BCUT2D eigenvalue weighted by Crippen LogP contribution is -2.39. The zero-order chi connectivity index (χ0) is 18.7. The van der Waals surface area contributed by atoms with E-state index in [0.29, 0.717) is 26.2 Å². The number of hydrogen-bond donors (Lipinski definition) is 1. The van der Waals surface area contributed by atoms with Gasteiger partial charge in [-0.3, -0.25) is 14.5 Å². The first-order valence-electron chi connectivity index (χ1n) is 8.80. The number of carbonyl (C=O) groups is 2. The van der Waals surface area contributed by atoms with E-state index < -0.39 is 29.3 Å². The molecule has 1 saturated heterocycles. The van der Waals surface area contributed by atoms with E-state index in [1.54, 1.807) is 18.2 Å². The van der Waals surface area contributed by atoms with E-state index >= 15 is 0 Å². The molecule has 1 fully saturated rings. The predicted molar refractivity (Wildman–Crippen MR) is 93.1 cm³/mol. The standard InChI is InChI=1S/C19H23FN2O4/c1-13(23)16-17(14-5-2-3-6-15(14)20)22(19(25)18(16)24)8-4-7-21-9-11-26-12-10-21/h2-3,5-6,17,24H,4,7-12H2,1H3/t17-/m1/s1. The molecule has 0 saturated carbocycles. The summed E-state index contributed by atoms with van der Waals surface area (Å²) in [5, 5.41) is 10.2. The Hall–Kier alpha value is -2.25. The molecule has 0 aliphatic carbocycles. The number of ketones is 1. The lowest BCUT2D eigenvalue weighted by molar-refractivity contribution is -0.129. The highest BCUT2D eigenvalue weighted by molar-refractivity contribution is 6.08. The molecule has 1 amide bonds.